The van der Waals surface area contributed by atoms with Gasteiger partial charge in [0.25, 0.3) is 0 Å². The lowest BCUT2D eigenvalue weighted by atomic mass is 9.78. The number of hydrogen-bond donors (Lipinski definition) is 2. The van der Waals surface area contributed by atoms with Crippen LogP contribution >= 0.6 is 0 Å². The second-order valence-electron chi connectivity index (χ2n) is 3.81. The Balaban J connectivity index is 2.73. The van der Waals surface area contributed by atoms with Crippen molar-refractivity contribution in [2.75, 3.05) is 0 Å². The number of benzene rings is 1. The van der Waals surface area contributed by atoms with Crippen LogP contribution in [0.4, 0.5) is 0 Å². The van der Waals surface area contributed by atoms with E-state index in [0.717, 1.165) is 17.7 Å². The van der Waals surface area contributed by atoms with E-state index in [1.54, 1.807) is 12.3 Å². The van der Waals surface area contributed by atoms with Crippen LogP contribution in [-0.2, 0) is 6.42 Å². The number of nitrogens with zero attached hydrogens (tertiary/aromatic N) is 2. The van der Waals surface area contributed by atoms with Crippen molar-refractivity contribution in [2.45, 2.75) is 20.3 Å². The van der Waals surface area contributed by atoms with Crippen molar-refractivity contribution < 1.29 is 10.0 Å². The van der Waals surface area contributed by atoms with Crippen molar-refractivity contribution in [1.82, 2.24) is 9.97 Å². The summed E-state index contributed by atoms with van der Waals surface area (Å²) < 4.78 is 0. The third kappa shape index (κ3) is 1.92. The normalized spacial score (nSPS) is 10.8. The van der Waals surface area contributed by atoms with Crippen molar-refractivity contribution in [3.05, 3.63) is 29.6 Å². The maximum absolute atomic E-state index is 9.26. The molecule has 2 rings (SSSR count). The lowest BCUT2D eigenvalue weighted by molar-refractivity contribution is 0.426. The van der Waals surface area contributed by atoms with E-state index in [4.69, 9.17) is 0 Å². The molecular formula is C11H13BN2O2. The maximum atomic E-state index is 9.26. The minimum absolute atomic E-state index is 0.408. The quantitative estimate of drug-likeness (QED) is 0.702. The van der Waals surface area contributed by atoms with Gasteiger partial charge in [0.1, 0.15) is 0 Å². The van der Waals surface area contributed by atoms with Crippen LogP contribution in [0.3, 0.4) is 0 Å². The van der Waals surface area contributed by atoms with Crippen LogP contribution in [0.25, 0.3) is 11.0 Å². The first-order chi connectivity index (χ1) is 7.61. The summed E-state index contributed by atoms with van der Waals surface area (Å²) in [6, 6.07) is 3.61. The van der Waals surface area contributed by atoms with Crippen molar-refractivity contribution in [2.24, 2.45) is 0 Å². The standard InChI is InChI=1S/C11H13BN2O2/c1-3-8-6-13-11-9(12(15)16)4-7(2)5-10(11)14-8/h4-6,15-16H,3H2,1-2H3. The van der Waals surface area contributed by atoms with E-state index < -0.39 is 7.12 Å². The molecule has 1 heterocycles. The Bertz CT molecular complexity index is 529. The number of fused-ring (bicyclic) bond motifs is 1. The van der Waals surface area contributed by atoms with E-state index in [2.05, 4.69) is 9.97 Å². The van der Waals surface area contributed by atoms with Crippen molar-refractivity contribution in [3.63, 3.8) is 0 Å². The zero-order chi connectivity index (χ0) is 11.7. The number of aromatic nitrogens is 2. The van der Waals surface area contributed by atoms with Gasteiger partial charge in [-0.2, -0.15) is 0 Å². The van der Waals surface area contributed by atoms with Gasteiger partial charge in [-0.15, -0.1) is 0 Å². The zero-order valence-electron chi connectivity index (χ0n) is 9.31. The van der Waals surface area contributed by atoms with E-state index in [-0.39, 0.29) is 0 Å². The van der Waals surface area contributed by atoms with Gasteiger partial charge in [-0.05, 0) is 25.0 Å². The molecule has 1 aromatic carbocycles. The summed E-state index contributed by atoms with van der Waals surface area (Å²) in [5, 5.41) is 18.5. The SMILES string of the molecule is CCc1cnc2c(B(O)O)cc(C)cc2n1. The second kappa shape index (κ2) is 4.19. The Morgan fingerprint density at radius 1 is 1.31 bits per heavy atom. The van der Waals surface area contributed by atoms with E-state index in [9.17, 15) is 10.0 Å². The van der Waals surface area contributed by atoms with Crippen LogP contribution in [0.5, 0.6) is 0 Å². The first kappa shape index (κ1) is 11.0. The van der Waals surface area contributed by atoms with Gasteiger partial charge < -0.3 is 10.0 Å². The van der Waals surface area contributed by atoms with Crippen LogP contribution in [-0.4, -0.2) is 27.1 Å². The van der Waals surface area contributed by atoms with Crippen molar-refractivity contribution in [3.8, 4) is 0 Å². The van der Waals surface area contributed by atoms with Gasteiger partial charge in [-0.1, -0.05) is 13.0 Å². The molecule has 4 nitrogen and oxygen atoms in total. The summed E-state index contributed by atoms with van der Waals surface area (Å²) in [4.78, 5) is 8.64. The highest BCUT2D eigenvalue weighted by Gasteiger charge is 2.17. The molecule has 1 aromatic heterocycles. The van der Waals surface area contributed by atoms with E-state index in [0.29, 0.717) is 16.5 Å². The highest BCUT2D eigenvalue weighted by Crippen LogP contribution is 2.10. The largest absolute Gasteiger partial charge is 0.490 e. The molecule has 82 valence electrons. The minimum Gasteiger partial charge on any atom is -0.423 e. The molecule has 0 aliphatic rings. The third-order valence-corrected chi connectivity index (χ3v) is 2.51. The fraction of sp³-hybridized carbons (Fsp3) is 0.273. The summed E-state index contributed by atoms with van der Waals surface area (Å²) in [6.45, 7) is 3.90. The molecule has 0 amide bonds. The summed E-state index contributed by atoms with van der Waals surface area (Å²) in [5.74, 6) is 0. The average Bonchev–Trinajstić information content (AvgIpc) is 2.26. The smallest absolute Gasteiger partial charge is 0.423 e. The lowest BCUT2D eigenvalue weighted by Crippen LogP contribution is -2.31. The predicted molar refractivity (Wildman–Crippen MR) is 63.5 cm³/mol. The second-order valence-corrected chi connectivity index (χ2v) is 3.81. The fourth-order valence-corrected chi connectivity index (χ4v) is 1.70. The predicted octanol–water partition coefficient (Wildman–Crippen LogP) is 0.180. The first-order valence-electron chi connectivity index (χ1n) is 5.24. The lowest BCUT2D eigenvalue weighted by Gasteiger charge is -2.07. The first-order valence-corrected chi connectivity index (χ1v) is 5.24. The molecule has 0 saturated carbocycles. The molecule has 0 spiro atoms. The molecule has 0 unspecified atom stereocenters. The molecule has 0 aliphatic heterocycles. The summed E-state index contributed by atoms with van der Waals surface area (Å²) in [6.07, 6.45) is 2.48. The minimum atomic E-state index is -1.51. The maximum Gasteiger partial charge on any atom is 0.490 e. The summed E-state index contributed by atoms with van der Waals surface area (Å²) in [7, 11) is -1.51. The molecule has 2 N–H and O–H groups in total. The number of hydrogen-bond acceptors (Lipinski definition) is 4. The van der Waals surface area contributed by atoms with Gasteiger partial charge in [0.05, 0.1) is 16.7 Å². The fourth-order valence-electron chi connectivity index (χ4n) is 1.70. The van der Waals surface area contributed by atoms with Gasteiger partial charge in [0, 0.05) is 11.7 Å². The van der Waals surface area contributed by atoms with Crippen molar-refractivity contribution in [1.29, 1.82) is 0 Å². The van der Waals surface area contributed by atoms with E-state index in [1.165, 1.54) is 0 Å². The Morgan fingerprint density at radius 3 is 2.69 bits per heavy atom. The molecule has 0 bridgehead atoms. The topological polar surface area (TPSA) is 66.2 Å². The highest BCUT2D eigenvalue weighted by atomic mass is 16.4. The highest BCUT2D eigenvalue weighted by molar-refractivity contribution is 6.61. The van der Waals surface area contributed by atoms with E-state index in [1.807, 2.05) is 19.9 Å². The zero-order valence-corrected chi connectivity index (χ0v) is 9.31. The molecule has 0 aliphatic carbocycles. The average molecular weight is 216 g/mol. The summed E-state index contributed by atoms with van der Waals surface area (Å²) in [5.41, 5.74) is 3.51. The van der Waals surface area contributed by atoms with Crippen LogP contribution in [0.2, 0.25) is 0 Å². The Morgan fingerprint density at radius 2 is 2.06 bits per heavy atom. The van der Waals surface area contributed by atoms with Crippen LogP contribution in [0.15, 0.2) is 18.3 Å². The Hall–Kier alpha value is -1.46. The molecule has 0 radical (unpaired) electrons. The van der Waals surface area contributed by atoms with Gasteiger partial charge in [0.2, 0.25) is 0 Å². The molecule has 0 saturated heterocycles. The van der Waals surface area contributed by atoms with Crippen LogP contribution in [0.1, 0.15) is 18.2 Å². The van der Waals surface area contributed by atoms with Crippen LogP contribution < -0.4 is 5.46 Å². The summed E-state index contributed by atoms with van der Waals surface area (Å²) >= 11 is 0. The van der Waals surface area contributed by atoms with Gasteiger partial charge in [-0.25, -0.2) is 4.98 Å². The molecule has 2 aromatic rings. The number of rotatable bonds is 2. The van der Waals surface area contributed by atoms with Gasteiger partial charge in [0.15, 0.2) is 0 Å². The molecule has 16 heavy (non-hydrogen) atoms. The van der Waals surface area contributed by atoms with Crippen molar-refractivity contribution >= 4 is 23.6 Å². The monoisotopic (exact) mass is 216 g/mol. The van der Waals surface area contributed by atoms with Gasteiger partial charge in [-0.3, -0.25) is 4.98 Å². The van der Waals surface area contributed by atoms with E-state index >= 15 is 0 Å². The van der Waals surface area contributed by atoms with Gasteiger partial charge >= 0.3 is 7.12 Å². The third-order valence-electron chi connectivity index (χ3n) is 2.51. The molecular weight excluding hydrogens is 203 g/mol. The Labute approximate surface area is 94.1 Å². The molecule has 5 heteroatoms. The molecule has 0 fully saturated rings. The molecule has 0 atom stereocenters. The Kier molecular flexibility index (Phi) is 2.89. The number of aryl methyl sites for hydroxylation is 2. The van der Waals surface area contributed by atoms with Crippen LogP contribution in [0, 0.1) is 6.92 Å².